The number of nitrogens with zero attached hydrogens (tertiary/aromatic N) is 2. The third-order valence-electron chi connectivity index (χ3n) is 3.67. The van der Waals surface area contributed by atoms with Gasteiger partial charge in [-0.15, -0.1) is 0 Å². The normalized spacial score (nSPS) is 22.8. The summed E-state index contributed by atoms with van der Waals surface area (Å²) < 4.78 is 13.0. The molecule has 19 heavy (non-hydrogen) atoms. The topological polar surface area (TPSA) is 35.6 Å². The van der Waals surface area contributed by atoms with Gasteiger partial charge < -0.3 is 15.1 Å². The number of carbonyl (C=O) groups is 1. The Bertz CT molecular complexity index is 511. The molecule has 2 saturated heterocycles. The maximum Gasteiger partial charge on any atom is 0.320 e. The van der Waals surface area contributed by atoms with Crippen LogP contribution in [0.4, 0.5) is 9.18 Å². The monoisotopic (exact) mass is 283 g/mol. The fraction of sp³-hybridized carbons (Fsp3) is 0.462. The first-order valence-electron chi connectivity index (χ1n) is 6.35. The van der Waals surface area contributed by atoms with E-state index in [4.69, 9.17) is 11.6 Å². The van der Waals surface area contributed by atoms with Crippen LogP contribution >= 0.6 is 11.6 Å². The van der Waals surface area contributed by atoms with Crippen LogP contribution in [0.3, 0.4) is 0 Å². The van der Waals surface area contributed by atoms with Crippen LogP contribution in [0.25, 0.3) is 0 Å². The fourth-order valence-corrected chi connectivity index (χ4v) is 2.90. The second-order valence-corrected chi connectivity index (χ2v) is 5.36. The van der Waals surface area contributed by atoms with Crippen molar-refractivity contribution in [2.75, 3.05) is 26.2 Å². The molecule has 1 atom stereocenters. The lowest BCUT2D eigenvalue weighted by atomic mass is 10.2. The highest BCUT2D eigenvalue weighted by Crippen LogP contribution is 2.23. The summed E-state index contributed by atoms with van der Waals surface area (Å²) >= 11 is 6.00. The highest BCUT2D eigenvalue weighted by atomic mass is 35.5. The van der Waals surface area contributed by atoms with Gasteiger partial charge in [-0.05, 0) is 17.7 Å². The smallest absolute Gasteiger partial charge is 0.318 e. The van der Waals surface area contributed by atoms with Crippen molar-refractivity contribution in [3.05, 3.63) is 34.6 Å². The molecule has 0 spiro atoms. The van der Waals surface area contributed by atoms with E-state index < -0.39 is 0 Å². The van der Waals surface area contributed by atoms with Gasteiger partial charge in [-0.1, -0.05) is 17.7 Å². The third-order valence-corrected chi connectivity index (χ3v) is 4.03. The standard InChI is InChI=1S/C13H15ClFN3O/c14-12-5-10(15)2-1-9(12)7-17-8-11-6-16-3-4-18(11)13(17)19/h1-2,5,11,16H,3-4,6-8H2. The molecule has 1 aromatic carbocycles. The summed E-state index contributed by atoms with van der Waals surface area (Å²) in [5.41, 5.74) is 0.782. The summed E-state index contributed by atoms with van der Waals surface area (Å²) in [6.45, 7) is 3.55. The summed E-state index contributed by atoms with van der Waals surface area (Å²) in [7, 11) is 0. The van der Waals surface area contributed by atoms with Crippen molar-refractivity contribution in [1.82, 2.24) is 15.1 Å². The van der Waals surface area contributed by atoms with Crippen molar-refractivity contribution in [2.24, 2.45) is 0 Å². The van der Waals surface area contributed by atoms with Crippen LogP contribution in [0.5, 0.6) is 0 Å². The Morgan fingerprint density at radius 2 is 2.32 bits per heavy atom. The maximum absolute atomic E-state index is 13.0. The minimum Gasteiger partial charge on any atom is -0.318 e. The SMILES string of the molecule is O=C1N(Cc2ccc(F)cc2Cl)CC2CNCCN12. The number of piperazine rings is 1. The Labute approximate surface area is 116 Å². The predicted octanol–water partition coefficient (Wildman–Crippen LogP) is 1.69. The van der Waals surface area contributed by atoms with Crippen molar-refractivity contribution >= 4 is 17.6 Å². The molecule has 2 heterocycles. The van der Waals surface area contributed by atoms with Crippen molar-refractivity contribution in [3.63, 3.8) is 0 Å². The number of fused-ring (bicyclic) bond motifs is 1. The molecule has 4 nitrogen and oxygen atoms in total. The quantitative estimate of drug-likeness (QED) is 0.896. The van der Waals surface area contributed by atoms with E-state index in [-0.39, 0.29) is 17.9 Å². The lowest BCUT2D eigenvalue weighted by Gasteiger charge is -2.28. The molecule has 1 aromatic rings. The Morgan fingerprint density at radius 3 is 3.05 bits per heavy atom. The zero-order valence-electron chi connectivity index (χ0n) is 10.4. The lowest BCUT2D eigenvalue weighted by Crippen LogP contribution is -2.49. The van der Waals surface area contributed by atoms with Crippen molar-refractivity contribution in [2.45, 2.75) is 12.6 Å². The summed E-state index contributed by atoms with van der Waals surface area (Å²) in [6, 6.07) is 4.58. The van der Waals surface area contributed by atoms with Crippen molar-refractivity contribution < 1.29 is 9.18 Å². The van der Waals surface area contributed by atoms with Gasteiger partial charge in [-0.3, -0.25) is 0 Å². The molecule has 6 heteroatoms. The van der Waals surface area contributed by atoms with Crippen LogP contribution in [0.15, 0.2) is 18.2 Å². The molecule has 2 fully saturated rings. The van der Waals surface area contributed by atoms with Crippen molar-refractivity contribution in [3.8, 4) is 0 Å². The maximum atomic E-state index is 13.0. The largest absolute Gasteiger partial charge is 0.320 e. The number of halogens is 2. The second-order valence-electron chi connectivity index (χ2n) is 4.95. The van der Waals surface area contributed by atoms with Crippen LogP contribution < -0.4 is 5.32 Å². The molecule has 102 valence electrons. The number of nitrogens with one attached hydrogen (secondary N) is 1. The van der Waals surface area contributed by atoms with Crippen LogP contribution in [0, 0.1) is 5.82 Å². The van der Waals surface area contributed by atoms with E-state index in [2.05, 4.69) is 5.32 Å². The van der Waals surface area contributed by atoms with Gasteiger partial charge in [-0.25, -0.2) is 9.18 Å². The van der Waals surface area contributed by atoms with Gasteiger partial charge in [0.1, 0.15) is 5.82 Å². The number of hydrogen-bond donors (Lipinski definition) is 1. The van der Waals surface area contributed by atoms with Crippen LogP contribution in [-0.2, 0) is 6.54 Å². The Morgan fingerprint density at radius 1 is 1.47 bits per heavy atom. The molecular formula is C13H15ClFN3O. The molecule has 0 aliphatic carbocycles. The number of carbonyl (C=O) groups excluding carboxylic acids is 1. The van der Waals surface area contributed by atoms with E-state index >= 15 is 0 Å². The van der Waals surface area contributed by atoms with E-state index in [9.17, 15) is 9.18 Å². The summed E-state index contributed by atoms with van der Waals surface area (Å²) in [4.78, 5) is 15.9. The molecular weight excluding hydrogens is 269 g/mol. The molecule has 0 bridgehead atoms. The minimum atomic E-state index is -0.358. The third kappa shape index (κ3) is 2.40. The highest BCUT2D eigenvalue weighted by molar-refractivity contribution is 6.31. The van der Waals surface area contributed by atoms with Gasteiger partial charge in [-0.2, -0.15) is 0 Å². The molecule has 2 aliphatic heterocycles. The Kier molecular flexibility index (Phi) is 3.33. The first-order chi connectivity index (χ1) is 9.15. The number of benzene rings is 1. The van der Waals surface area contributed by atoms with Gasteiger partial charge in [0.15, 0.2) is 0 Å². The van der Waals surface area contributed by atoms with Gasteiger partial charge in [0.05, 0.1) is 6.04 Å². The summed E-state index contributed by atoms with van der Waals surface area (Å²) in [5, 5.41) is 3.65. The lowest BCUT2D eigenvalue weighted by molar-refractivity contribution is 0.178. The fourth-order valence-electron chi connectivity index (χ4n) is 2.68. The first kappa shape index (κ1) is 12.7. The van der Waals surface area contributed by atoms with Crippen LogP contribution in [-0.4, -0.2) is 48.1 Å². The van der Waals surface area contributed by atoms with Gasteiger partial charge >= 0.3 is 6.03 Å². The minimum absolute atomic E-state index is 0.0480. The van der Waals surface area contributed by atoms with Gasteiger partial charge in [0, 0.05) is 37.7 Å². The number of urea groups is 1. The molecule has 1 unspecified atom stereocenters. The Hall–Kier alpha value is -1.33. The zero-order chi connectivity index (χ0) is 13.4. The molecule has 0 radical (unpaired) electrons. The number of amides is 2. The van der Waals surface area contributed by atoms with E-state index in [1.807, 2.05) is 4.90 Å². The number of rotatable bonds is 2. The van der Waals surface area contributed by atoms with Gasteiger partial charge in [0.2, 0.25) is 0 Å². The molecule has 0 aromatic heterocycles. The van der Waals surface area contributed by atoms with Gasteiger partial charge in [0.25, 0.3) is 0 Å². The molecule has 0 saturated carbocycles. The van der Waals surface area contributed by atoms with E-state index in [0.29, 0.717) is 18.1 Å². The molecule has 3 rings (SSSR count). The van der Waals surface area contributed by atoms with Crippen molar-refractivity contribution in [1.29, 1.82) is 0 Å². The van der Waals surface area contributed by atoms with Crippen LogP contribution in [0.1, 0.15) is 5.56 Å². The van der Waals surface area contributed by atoms with E-state index in [0.717, 1.165) is 25.2 Å². The van der Waals surface area contributed by atoms with E-state index in [1.165, 1.54) is 12.1 Å². The number of hydrogen-bond acceptors (Lipinski definition) is 2. The zero-order valence-corrected chi connectivity index (χ0v) is 11.2. The molecule has 1 N–H and O–H groups in total. The summed E-state index contributed by atoms with van der Waals surface area (Å²) in [5.74, 6) is -0.358. The predicted molar refractivity (Wildman–Crippen MR) is 70.6 cm³/mol. The molecule has 2 amide bonds. The second kappa shape index (κ2) is 4.98. The Balaban J connectivity index is 1.75. The average Bonchev–Trinajstić information content (AvgIpc) is 2.70. The highest BCUT2D eigenvalue weighted by Gasteiger charge is 2.38. The molecule has 2 aliphatic rings. The van der Waals surface area contributed by atoms with E-state index in [1.54, 1.807) is 11.0 Å². The first-order valence-corrected chi connectivity index (χ1v) is 6.73. The summed E-state index contributed by atoms with van der Waals surface area (Å²) in [6.07, 6.45) is 0. The average molecular weight is 284 g/mol. The van der Waals surface area contributed by atoms with Crippen LogP contribution in [0.2, 0.25) is 5.02 Å².